The van der Waals surface area contributed by atoms with E-state index >= 15 is 0 Å². The summed E-state index contributed by atoms with van der Waals surface area (Å²) in [5.74, 6) is 0. The fourth-order valence-corrected chi connectivity index (χ4v) is 5.35. The third kappa shape index (κ3) is 7.80. The summed E-state index contributed by atoms with van der Waals surface area (Å²) >= 11 is 0. The summed E-state index contributed by atoms with van der Waals surface area (Å²) in [5, 5.41) is 0. The molecule has 0 fully saturated rings. The number of unbranched alkanes of at least 4 members (excludes halogenated alkanes) is 6. The zero-order valence-electron chi connectivity index (χ0n) is 12.7. The molecule has 0 saturated carbocycles. The number of hydrogen-bond donors (Lipinski definition) is 0. The Morgan fingerprint density at radius 2 is 1.24 bits per heavy atom. The summed E-state index contributed by atoms with van der Waals surface area (Å²) < 4.78 is 0. The zero-order chi connectivity index (χ0) is 13.0. The molecule has 1 heteroatoms. The standard InChI is InChI=1S/C16H34Si/c1-5-9-10-11-12-13-14-15-16-17(6-2,7-3)8-4/h15-16H,5-14H2,1-4H3/b16-15+. The van der Waals surface area contributed by atoms with E-state index in [0.717, 1.165) is 0 Å². The van der Waals surface area contributed by atoms with Crippen molar-refractivity contribution >= 4 is 8.07 Å². The second kappa shape index (κ2) is 11.1. The van der Waals surface area contributed by atoms with Crippen LogP contribution in [-0.4, -0.2) is 8.07 Å². The molecule has 0 unspecified atom stereocenters. The van der Waals surface area contributed by atoms with E-state index in [2.05, 4.69) is 39.5 Å². The Hall–Kier alpha value is -0.0431. The van der Waals surface area contributed by atoms with E-state index in [9.17, 15) is 0 Å². The Balaban J connectivity index is 3.64. The maximum Gasteiger partial charge on any atom is 0.0766 e. The van der Waals surface area contributed by atoms with Gasteiger partial charge in [-0.1, -0.05) is 89.7 Å². The number of allylic oxidation sites excluding steroid dienone is 1. The van der Waals surface area contributed by atoms with Crippen LogP contribution in [0.3, 0.4) is 0 Å². The molecule has 0 aromatic rings. The molecule has 102 valence electrons. The molecular formula is C16H34Si. The fraction of sp³-hybridized carbons (Fsp3) is 0.875. The van der Waals surface area contributed by atoms with Crippen molar-refractivity contribution in [1.82, 2.24) is 0 Å². The van der Waals surface area contributed by atoms with Crippen LogP contribution in [-0.2, 0) is 0 Å². The third-order valence-electron chi connectivity index (χ3n) is 4.31. The van der Waals surface area contributed by atoms with Gasteiger partial charge in [0.05, 0.1) is 8.07 Å². The van der Waals surface area contributed by atoms with Gasteiger partial charge in [-0.3, -0.25) is 0 Å². The van der Waals surface area contributed by atoms with E-state index in [1.54, 1.807) is 0 Å². The van der Waals surface area contributed by atoms with E-state index in [1.807, 2.05) is 0 Å². The SMILES string of the molecule is CCCCCCCC/C=C/[Si](CC)(CC)CC. The lowest BCUT2D eigenvalue weighted by atomic mass is 10.1. The molecule has 0 heterocycles. The summed E-state index contributed by atoms with van der Waals surface area (Å²) in [4.78, 5) is 0. The van der Waals surface area contributed by atoms with Crippen LogP contribution in [0.2, 0.25) is 18.1 Å². The maximum atomic E-state index is 2.64. The van der Waals surface area contributed by atoms with Crippen LogP contribution < -0.4 is 0 Å². The Morgan fingerprint density at radius 3 is 1.76 bits per heavy atom. The van der Waals surface area contributed by atoms with Crippen molar-refractivity contribution < 1.29 is 0 Å². The average Bonchev–Trinajstić information content (AvgIpc) is 2.38. The van der Waals surface area contributed by atoms with Crippen LogP contribution in [0.1, 0.15) is 72.6 Å². The largest absolute Gasteiger partial charge is 0.0981 e. The quantitative estimate of drug-likeness (QED) is 0.298. The highest BCUT2D eigenvalue weighted by Gasteiger charge is 2.22. The van der Waals surface area contributed by atoms with Crippen molar-refractivity contribution in [2.75, 3.05) is 0 Å². The van der Waals surface area contributed by atoms with Crippen LogP contribution in [0, 0.1) is 0 Å². The molecule has 0 aliphatic carbocycles. The third-order valence-corrected chi connectivity index (χ3v) is 9.48. The molecule has 0 nitrogen and oxygen atoms in total. The highest BCUT2D eigenvalue weighted by Crippen LogP contribution is 2.22. The van der Waals surface area contributed by atoms with Crippen molar-refractivity contribution in [3.8, 4) is 0 Å². The zero-order valence-corrected chi connectivity index (χ0v) is 13.7. The van der Waals surface area contributed by atoms with Gasteiger partial charge >= 0.3 is 0 Å². The molecule has 0 radical (unpaired) electrons. The molecule has 0 aliphatic rings. The lowest BCUT2D eigenvalue weighted by Crippen LogP contribution is -2.28. The van der Waals surface area contributed by atoms with E-state index in [0.29, 0.717) is 0 Å². The highest BCUT2D eigenvalue weighted by molar-refractivity contribution is 6.84. The van der Waals surface area contributed by atoms with Gasteiger partial charge in [0.1, 0.15) is 0 Å². The first-order chi connectivity index (χ1) is 8.24. The molecule has 0 rings (SSSR count). The van der Waals surface area contributed by atoms with E-state index in [-0.39, 0.29) is 0 Å². The minimum absolute atomic E-state index is 0.979. The molecule has 17 heavy (non-hydrogen) atoms. The summed E-state index contributed by atoms with van der Waals surface area (Å²) in [6, 6.07) is 4.27. The van der Waals surface area contributed by atoms with Crippen LogP contribution in [0.15, 0.2) is 11.8 Å². The minimum atomic E-state index is -0.979. The van der Waals surface area contributed by atoms with Crippen molar-refractivity contribution in [3.63, 3.8) is 0 Å². The van der Waals surface area contributed by atoms with Gasteiger partial charge in [-0.25, -0.2) is 0 Å². The van der Waals surface area contributed by atoms with Crippen LogP contribution >= 0.6 is 0 Å². The van der Waals surface area contributed by atoms with Gasteiger partial charge in [-0.2, -0.15) is 0 Å². The molecule has 0 spiro atoms. The van der Waals surface area contributed by atoms with Gasteiger partial charge in [-0.05, 0) is 12.8 Å². The van der Waals surface area contributed by atoms with Crippen LogP contribution in [0.4, 0.5) is 0 Å². The van der Waals surface area contributed by atoms with E-state index in [4.69, 9.17) is 0 Å². The van der Waals surface area contributed by atoms with E-state index < -0.39 is 8.07 Å². The topological polar surface area (TPSA) is 0 Å². The number of hydrogen-bond acceptors (Lipinski definition) is 0. The Labute approximate surface area is 111 Å². The highest BCUT2D eigenvalue weighted by atomic mass is 28.3. The summed E-state index contributed by atoms with van der Waals surface area (Å²) in [6.07, 6.45) is 12.3. The van der Waals surface area contributed by atoms with Gasteiger partial charge in [-0.15, -0.1) is 0 Å². The smallest absolute Gasteiger partial charge is 0.0766 e. The van der Waals surface area contributed by atoms with Crippen molar-refractivity contribution in [3.05, 3.63) is 11.8 Å². The van der Waals surface area contributed by atoms with Crippen LogP contribution in [0.25, 0.3) is 0 Å². The first-order valence-electron chi connectivity index (χ1n) is 7.92. The Kier molecular flexibility index (Phi) is 11.0. The van der Waals surface area contributed by atoms with Gasteiger partial charge < -0.3 is 0 Å². The monoisotopic (exact) mass is 254 g/mol. The predicted molar refractivity (Wildman–Crippen MR) is 84.3 cm³/mol. The van der Waals surface area contributed by atoms with Gasteiger partial charge in [0.15, 0.2) is 0 Å². The summed E-state index contributed by atoms with van der Waals surface area (Å²) in [5.41, 5.74) is 2.64. The maximum absolute atomic E-state index is 2.64. The van der Waals surface area contributed by atoms with Crippen molar-refractivity contribution in [2.24, 2.45) is 0 Å². The lowest BCUT2D eigenvalue weighted by Gasteiger charge is -2.23. The second-order valence-corrected chi connectivity index (χ2v) is 10.6. The molecule has 0 atom stereocenters. The number of rotatable bonds is 11. The molecule has 0 bridgehead atoms. The molecule has 0 aromatic heterocycles. The van der Waals surface area contributed by atoms with Crippen molar-refractivity contribution in [1.29, 1.82) is 0 Å². The summed E-state index contributed by atoms with van der Waals surface area (Å²) in [6.45, 7) is 9.43. The van der Waals surface area contributed by atoms with Gasteiger partial charge in [0.25, 0.3) is 0 Å². The first kappa shape index (κ1) is 17.0. The summed E-state index contributed by atoms with van der Waals surface area (Å²) in [7, 11) is -0.979. The normalized spacial score (nSPS) is 12.5. The average molecular weight is 255 g/mol. The molecular weight excluding hydrogens is 220 g/mol. The first-order valence-corrected chi connectivity index (χ1v) is 10.6. The van der Waals surface area contributed by atoms with Crippen LogP contribution in [0.5, 0.6) is 0 Å². The predicted octanol–water partition coefficient (Wildman–Crippen LogP) is 6.34. The molecule has 0 amide bonds. The molecule has 0 saturated heterocycles. The van der Waals surface area contributed by atoms with Gasteiger partial charge in [0.2, 0.25) is 0 Å². The van der Waals surface area contributed by atoms with Crippen molar-refractivity contribution in [2.45, 2.75) is 90.8 Å². The Morgan fingerprint density at radius 1 is 0.706 bits per heavy atom. The fourth-order valence-electron chi connectivity index (χ4n) is 2.48. The molecule has 0 N–H and O–H groups in total. The Bertz CT molecular complexity index is 172. The molecule has 0 aromatic carbocycles. The van der Waals surface area contributed by atoms with E-state index in [1.165, 1.54) is 63.1 Å². The lowest BCUT2D eigenvalue weighted by molar-refractivity contribution is 0.611. The minimum Gasteiger partial charge on any atom is -0.0981 e. The second-order valence-electron chi connectivity index (χ2n) is 5.38. The molecule has 0 aliphatic heterocycles. The van der Waals surface area contributed by atoms with Gasteiger partial charge in [0, 0.05) is 0 Å².